The second-order valence-electron chi connectivity index (χ2n) is 5.67. The largest absolute Gasteiger partial charge is 0.320 e. The van der Waals surface area contributed by atoms with E-state index in [1.807, 2.05) is 12.1 Å². The van der Waals surface area contributed by atoms with Gasteiger partial charge in [0.05, 0.1) is 16.3 Å². The topological polar surface area (TPSA) is 76.1 Å². The summed E-state index contributed by atoms with van der Waals surface area (Å²) in [6.45, 7) is 1.74. The fourth-order valence-corrected chi connectivity index (χ4v) is 4.42. The third kappa shape index (κ3) is 3.95. The molecule has 134 valence electrons. The predicted molar refractivity (Wildman–Crippen MR) is 105 cm³/mol. The first-order valence-corrected chi connectivity index (χ1v) is 10.7. The predicted octanol–water partition coefficient (Wildman–Crippen LogP) is 4.43. The number of aryl methyl sites for hydroxylation is 1. The van der Waals surface area contributed by atoms with Gasteiger partial charge in [-0.1, -0.05) is 35.9 Å². The first-order valence-electron chi connectivity index (χ1n) is 7.59. The van der Waals surface area contributed by atoms with Crippen LogP contribution in [0.4, 0.5) is 5.69 Å². The van der Waals surface area contributed by atoms with E-state index in [9.17, 15) is 13.2 Å². The van der Waals surface area contributed by atoms with E-state index in [0.29, 0.717) is 20.6 Å². The van der Waals surface area contributed by atoms with Crippen LogP contribution in [0.2, 0.25) is 5.02 Å². The zero-order valence-electron chi connectivity index (χ0n) is 14.0. The van der Waals surface area contributed by atoms with Gasteiger partial charge in [-0.3, -0.25) is 4.79 Å². The zero-order valence-corrected chi connectivity index (χ0v) is 16.4. The first kappa shape index (κ1) is 18.6. The Morgan fingerprint density at radius 1 is 1.15 bits per heavy atom. The highest BCUT2D eigenvalue weighted by atomic mass is 35.5. The maximum Gasteiger partial charge on any atom is 0.267 e. The highest BCUT2D eigenvalue weighted by Crippen LogP contribution is 2.30. The molecule has 2 aromatic carbocycles. The van der Waals surface area contributed by atoms with E-state index in [1.54, 1.807) is 37.3 Å². The smallest absolute Gasteiger partial charge is 0.267 e. The van der Waals surface area contributed by atoms with Gasteiger partial charge < -0.3 is 5.32 Å². The normalized spacial score (nSPS) is 11.3. The van der Waals surface area contributed by atoms with E-state index in [-0.39, 0.29) is 10.6 Å². The Labute approximate surface area is 160 Å². The molecular weight excluding hydrogens is 392 g/mol. The molecule has 1 heterocycles. The van der Waals surface area contributed by atoms with Crippen LogP contribution in [0, 0.1) is 6.92 Å². The summed E-state index contributed by atoms with van der Waals surface area (Å²) >= 11 is 7.24. The highest BCUT2D eigenvalue weighted by molar-refractivity contribution is 7.90. The molecule has 0 aliphatic heterocycles. The van der Waals surface area contributed by atoms with Gasteiger partial charge in [-0.25, -0.2) is 13.4 Å². The van der Waals surface area contributed by atoms with Crippen LogP contribution in [0.1, 0.15) is 15.4 Å². The van der Waals surface area contributed by atoms with E-state index in [2.05, 4.69) is 10.3 Å². The van der Waals surface area contributed by atoms with E-state index >= 15 is 0 Å². The van der Waals surface area contributed by atoms with Gasteiger partial charge in [0.2, 0.25) is 0 Å². The van der Waals surface area contributed by atoms with Crippen molar-refractivity contribution in [2.24, 2.45) is 0 Å². The molecule has 0 saturated carbocycles. The fourth-order valence-electron chi connectivity index (χ4n) is 2.42. The average molecular weight is 407 g/mol. The summed E-state index contributed by atoms with van der Waals surface area (Å²) in [5.41, 5.74) is 1.64. The second-order valence-corrected chi connectivity index (χ2v) is 9.09. The summed E-state index contributed by atoms with van der Waals surface area (Å²) < 4.78 is 23.8. The number of thiazole rings is 1. The van der Waals surface area contributed by atoms with E-state index < -0.39 is 15.7 Å². The lowest BCUT2D eigenvalue weighted by atomic mass is 10.2. The summed E-state index contributed by atoms with van der Waals surface area (Å²) in [5.74, 6) is -0.399. The van der Waals surface area contributed by atoms with E-state index in [4.69, 9.17) is 11.6 Å². The number of halogens is 1. The molecule has 0 fully saturated rings. The maximum absolute atomic E-state index is 12.7. The Morgan fingerprint density at radius 3 is 2.58 bits per heavy atom. The number of nitrogens with one attached hydrogen (secondary N) is 1. The Bertz CT molecular complexity index is 1090. The zero-order chi connectivity index (χ0) is 18.9. The number of amides is 1. The molecule has 0 radical (unpaired) electrons. The monoisotopic (exact) mass is 406 g/mol. The number of rotatable bonds is 4. The van der Waals surface area contributed by atoms with Gasteiger partial charge in [-0.15, -0.1) is 11.3 Å². The number of hydrogen-bond acceptors (Lipinski definition) is 5. The molecule has 8 heteroatoms. The van der Waals surface area contributed by atoms with Crippen LogP contribution in [0.5, 0.6) is 0 Å². The van der Waals surface area contributed by atoms with Crippen molar-refractivity contribution in [3.63, 3.8) is 0 Å². The molecule has 0 spiro atoms. The lowest BCUT2D eigenvalue weighted by Gasteiger charge is -2.08. The molecule has 0 aliphatic rings. The van der Waals surface area contributed by atoms with Crippen molar-refractivity contribution in [2.45, 2.75) is 11.8 Å². The quantitative estimate of drug-likeness (QED) is 0.695. The Kier molecular flexibility index (Phi) is 5.13. The number of sulfone groups is 1. The van der Waals surface area contributed by atoms with Crippen LogP contribution < -0.4 is 5.32 Å². The van der Waals surface area contributed by atoms with Crippen LogP contribution in [0.3, 0.4) is 0 Å². The molecule has 1 aromatic heterocycles. The van der Waals surface area contributed by atoms with Crippen molar-refractivity contribution in [1.82, 2.24) is 4.98 Å². The van der Waals surface area contributed by atoms with Crippen LogP contribution in [-0.4, -0.2) is 25.6 Å². The number of anilines is 1. The maximum atomic E-state index is 12.7. The molecule has 1 N–H and O–H groups in total. The molecule has 0 aliphatic carbocycles. The van der Waals surface area contributed by atoms with Gasteiger partial charge in [0, 0.05) is 16.8 Å². The van der Waals surface area contributed by atoms with E-state index in [1.165, 1.54) is 17.4 Å². The van der Waals surface area contributed by atoms with Gasteiger partial charge in [-0.2, -0.15) is 0 Å². The lowest BCUT2D eigenvalue weighted by molar-refractivity contribution is 0.102. The van der Waals surface area contributed by atoms with Crippen LogP contribution in [0.15, 0.2) is 53.4 Å². The minimum atomic E-state index is -3.46. The third-order valence-electron chi connectivity index (χ3n) is 3.61. The molecule has 0 unspecified atom stereocenters. The summed E-state index contributed by atoms with van der Waals surface area (Å²) in [6.07, 6.45) is 1.10. The van der Waals surface area contributed by atoms with Gasteiger partial charge in [-0.05, 0) is 31.2 Å². The first-order chi connectivity index (χ1) is 12.3. The van der Waals surface area contributed by atoms with Gasteiger partial charge in [0.1, 0.15) is 9.88 Å². The van der Waals surface area contributed by atoms with Crippen LogP contribution in [-0.2, 0) is 9.84 Å². The molecule has 0 saturated heterocycles. The standard InChI is InChI=1S/C18H15ClN2O3S2/c1-11-16(25-18(20-11)12-6-5-7-13(19)10-12)17(22)21-14-8-3-4-9-15(14)26(2,23)24/h3-10H,1-2H3,(H,21,22). The summed E-state index contributed by atoms with van der Waals surface area (Å²) in [7, 11) is -3.46. The van der Waals surface area contributed by atoms with Crippen LogP contribution >= 0.6 is 22.9 Å². The van der Waals surface area contributed by atoms with Crippen molar-refractivity contribution in [3.8, 4) is 10.6 Å². The molecule has 26 heavy (non-hydrogen) atoms. The molecular formula is C18H15ClN2O3S2. The number of nitrogens with zero attached hydrogens (tertiary/aromatic N) is 1. The van der Waals surface area contributed by atoms with Crippen molar-refractivity contribution in [2.75, 3.05) is 11.6 Å². The molecule has 5 nitrogen and oxygen atoms in total. The lowest BCUT2D eigenvalue weighted by Crippen LogP contribution is -2.14. The van der Waals surface area contributed by atoms with Gasteiger partial charge in [0.15, 0.2) is 9.84 Å². The summed E-state index contributed by atoms with van der Waals surface area (Å²) in [6, 6.07) is 13.5. The average Bonchev–Trinajstić information content (AvgIpc) is 2.96. The van der Waals surface area contributed by atoms with Crippen LogP contribution in [0.25, 0.3) is 10.6 Å². The summed E-state index contributed by atoms with van der Waals surface area (Å²) in [4.78, 5) is 17.6. The highest BCUT2D eigenvalue weighted by Gasteiger charge is 2.19. The van der Waals surface area contributed by atoms with E-state index in [0.717, 1.165) is 11.8 Å². The van der Waals surface area contributed by atoms with Crippen molar-refractivity contribution in [3.05, 3.63) is 64.1 Å². The van der Waals surface area contributed by atoms with Crippen molar-refractivity contribution < 1.29 is 13.2 Å². The molecule has 1 amide bonds. The number of benzene rings is 2. The SMILES string of the molecule is Cc1nc(-c2cccc(Cl)c2)sc1C(=O)Nc1ccccc1S(C)(=O)=O. The Hall–Kier alpha value is -2.22. The molecule has 0 bridgehead atoms. The minimum absolute atomic E-state index is 0.0746. The Balaban J connectivity index is 1.93. The second kappa shape index (κ2) is 7.19. The van der Waals surface area contributed by atoms with Gasteiger partial charge in [0.25, 0.3) is 5.91 Å². The summed E-state index contributed by atoms with van der Waals surface area (Å²) in [5, 5.41) is 3.94. The molecule has 0 atom stereocenters. The number of hydrogen-bond donors (Lipinski definition) is 1. The number of aromatic nitrogens is 1. The number of carbonyl (C=O) groups is 1. The number of para-hydroxylation sites is 1. The third-order valence-corrected chi connectivity index (χ3v) is 6.20. The fraction of sp³-hybridized carbons (Fsp3) is 0.111. The molecule has 3 rings (SSSR count). The number of carbonyl (C=O) groups excluding carboxylic acids is 1. The van der Waals surface area contributed by atoms with Crippen molar-refractivity contribution in [1.29, 1.82) is 0 Å². The Morgan fingerprint density at radius 2 is 1.88 bits per heavy atom. The van der Waals surface area contributed by atoms with Gasteiger partial charge >= 0.3 is 0 Å². The molecule has 3 aromatic rings. The minimum Gasteiger partial charge on any atom is -0.320 e. The van der Waals surface area contributed by atoms with Crippen molar-refractivity contribution >= 4 is 44.4 Å².